The lowest BCUT2D eigenvalue weighted by Gasteiger charge is -2.45. The van der Waals surface area contributed by atoms with Crippen LogP contribution >= 0.6 is 11.3 Å². The summed E-state index contributed by atoms with van der Waals surface area (Å²) in [7, 11) is 2.10. The number of hydrogen-bond donors (Lipinski definition) is 1. The van der Waals surface area contributed by atoms with Gasteiger partial charge in [0.2, 0.25) is 0 Å². The van der Waals surface area contributed by atoms with Gasteiger partial charge in [0.25, 0.3) is 0 Å². The Bertz CT molecular complexity index is 374. The molecule has 2 nitrogen and oxygen atoms in total. The first-order valence-corrected chi connectivity index (χ1v) is 8.96. The smallest absolute Gasteiger partial charge is 0.0837 e. The molecule has 20 heavy (non-hydrogen) atoms. The van der Waals surface area contributed by atoms with Crippen molar-refractivity contribution >= 4 is 11.3 Å². The molecule has 3 unspecified atom stereocenters. The van der Waals surface area contributed by atoms with E-state index in [0.717, 1.165) is 18.9 Å². The molecule has 0 bridgehead atoms. The maximum atomic E-state index is 6.30. The molecule has 1 aliphatic carbocycles. The minimum atomic E-state index is 0.0528. The van der Waals surface area contributed by atoms with E-state index < -0.39 is 0 Å². The quantitative estimate of drug-likeness (QED) is 0.812. The van der Waals surface area contributed by atoms with Crippen LogP contribution in [0.2, 0.25) is 0 Å². The van der Waals surface area contributed by atoms with Crippen molar-refractivity contribution in [2.75, 3.05) is 13.7 Å². The average molecular weight is 295 g/mol. The van der Waals surface area contributed by atoms with Crippen LogP contribution in [0, 0.1) is 5.92 Å². The van der Waals surface area contributed by atoms with Gasteiger partial charge in [-0.25, -0.2) is 0 Å². The Balaban J connectivity index is 2.04. The highest BCUT2D eigenvalue weighted by Crippen LogP contribution is 2.39. The zero-order valence-corrected chi connectivity index (χ0v) is 14.0. The lowest BCUT2D eigenvalue weighted by molar-refractivity contribution is -0.100. The second-order valence-electron chi connectivity index (χ2n) is 6.21. The third-order valence-electron chi connectivity index (χ3n) is 4.71. The molecule has 1 aromatic heterocycles. The molecule has 0 aliphatic heterocycles. The third-order valence-corrected chi connectivity index (χ3v) is 5.44. The summed E-state index contributed by atoms with van der Waals surface area (Å²) in [4.78, 5) is 0. The fourth-order valence-corrected chi connectivity index (χ4v) is 4.50. The van der Waals surface area contributed by atoms with Crippen LogP contribution in [-0.4, -0.2) is 25.3 Å². The molecule has 1 heterocycles. The first-order valence-electron chi connectivity index (χ1n) is 8.02. The fourth-order valence-electron chi connectivity index (χ4n) is 3.80. The van der Waals surface area contributed by atoms with E-state index in [1.54, 1.807) is 11.3 Å². The molecule has 0 radical (unpaired) electrons. The Hall–Kier alpha value is -0.380. The Morgan fingerprint density at radius 3 is 3.00 bits per heavy atom. The number of thiophene rings is 1. The van der Waals surface area contributed by atoms with E-state index in [-0.39, 0.29) is 5.60 Å². The van der Waals surface area contributed by atoms with Gasteiger partial charge in [-0.1, -0.05) is 19.8 Å². The summed E-state index contributed by atoms with van der Waals surface area (Å²) in [6.07, 6.45) is 7.39. The van der Waals surface area contributed by atoms with Crippen molar-refractivity contribution in [2.24, 2.45) is 5.92 Å². The maximum absolute atomic E-state index is 6.30. The van der Waals surface area contributed by atoms with Crippen LogP contribution in [-0.2, 0) is 11.2 Å². The van der Waals surface area contributed by atoms with Crippen LogP contribution in [0.5, 0.6) is 0 Å². The normalized spacial score (nSPS) is 28.4. The molecular formula is C17H29NOS. The zero-order valence-electron chi connectivity index (χ0n) is 13.2. The van der Waals surface area contributed by atoms with Crippen molar-refractivity contribution in [3.8, 4) is 0 Å². The second-order valence-corrected chi connectivity index (χ2v) is 6.99. The predicted molar refractivity (Wildman–Crippen MR) is 87.5 cm³/mol. The zero-order chi connectivity index (χ0) is 14.4. The second kappa shape index (κ2) is 7.58. The fraction of sp³-hybridized carbons (Fsp3) is 0.765. The van der Waals surface area contributed by atoms with Gasteiger partial charge in [0.1, 0.15) is 0 Å². The molecule has 1 aromatic rings. The van der Waals surface area contributed by atoms with E-state index in [1.807, 2.05) is 0 Å². The molecule has 0 saturated heterocycles. The molecule has 3 atom stereocenters. The molecule has 1 aliphatic rings. The summed E-state index contributed by atoms with van der Waals surface area (Å²) in [5, 5.41) is 8.00. The highest BCUT2D eigenvalue weighted by molar-refractivity contribution is 7.07. The molecule has 0 amide bonds. The summed E-state index contributed by atoms with van der Waals surface area (Å²) >= 11 is 1.79. The van der Waals surface area contributed by atoms with E-state index in [2.05, 4.69) is 43.0 Å². The standard InChI is InChI=1S/C17H29NOS/c1-4-19-17(10-5-6-14(2)12-17)16(18-3)8-7-15-9-11-20-13-15/h9,11,13-14,16,18H,4-8,10,12H2,1-3H3. The summed E-state index contributed by atoms with van der Waals surface area (Å²) in [6, 6.07) is 2.71. The van der Waals surface area contributed by atoms with Gasteiger partial charge in [0, 0.05) is 12.6 Å². The summed E-state index contributed by atoms with van der Waals surface area (Å²) in [5.74, 6) is 0.785. The van der Waals surface area contributed by atoms with Crippen LogP contribution in [0.4, 0.5) is 0 Å². The third kappa shape index (κ3) is 3.84. The minimum absolute atomic E-state index is 0.0528. The average Bonchev–Trinajstić information content (AvgIpc) is 2.93. The van der Waals surface area contributed by atoms with Gasteiger partial charge >= 0.3 is 0 Å². The van der Waals surface area contributed by atoms with Gasteiger partial charge in [-0.05, 0) is 68.0 Å². The number of ether oxygens (including phenoxy) is 1. The molecule has 0 aromatic carbocycles. The first kappa shape index (κ1) is 16.0. The van der Waals surface area contributed by atoms with Gasteiger partial charge in [0.05, 0.1) is 5.60 Å². The van der Waals surface area contributed by atoms with Crippen molar-refractivity contribution in [1.82, 2.24) is 5.32 Å². The van der Waals surface area contributed by atoms with E-state index in [4.69, 9.17) is 4.74 Å². The highest BCUT2D eigenvalue weighted by Gasteiger charge is 2.41. The van der Waals surface area contributed by atoms with Gasteiger partial charge in [0.15, 0.2) is 0 Å². The maximum Gasteiger partial charge on any atom is 0.0837 e. The summed E-state index contributed by atoms with van der Waals surface area (Å²) < 4.78 is 6.30. The molecule has 1 fully saturated rings. The molecule has 2 rings (SSSR count). The number of hydrogen-bond acceptors (Lipinski definition) is 3. The van der Waals surface area contributed by atoms with E-state index in [0.29, 0.717) is 6.04 Å². The lowest BCUT2D eigenvalue weighted by Crippen LogP contribution is -2.54. The summed E-state index contributed by atoms with van der Waals surface area (Å²) in [5.41, 5.74) is 1.52. The van der Waals surface area contributed by atoms with Crippen molar-refractivity contribution in [3.05, 3.63) is 22.4 Å². The number of nitrogens with one attached hydrogen (secondary N) is 1. The topological polar surface area (TPSA) is 21.3 Å². The molecular weight excluding hydrogens is 266 g/mol. The Morgan fingerprint density at radius 2 is 2.40 bits per heavy atom. The molecule has 1 N–H and O–H groups in total. The molecule has 3 heteroatoms. The van der Waals surface area contributed by atoms with Crippen molar-refractivity contribution < 1.29 is 4.74 Å². The monoisotopic (exact) mass is 295 g/mol. The highest BCUT2D eigenvalue weighted by atomic mass is 32.1. The molecule has 1 saturated carbocycles. The van der Waals surface area contributed by atoms with E-state index >= 15 is 0 Å². The molecule has 114 valence electrons. The minimum Gasteiger partial charge on any atom is -0.374 e. The van der Waals surface area contributed by atoms with Crippen LogP contribution in [0.3, 0.4) is 0 Å². The van der Waals surface area contributed by atoms with Crippen molar-refractivity contribution in [2.45, 2.75) is 64.0 Å². The largest absolute Gasteiger partial charge is 0.374 e. The van der Waals surface area contributed by atoms with Crippen LogP contribution in [0.1, 0.15) is 51.5 Å². The van der Waals surface area contributed by atoms with E-state index in [1.165, 1.54) is 37.7 Å². The lowest BCUT2D eigenvalue weighted by atomic mass is 9.73. The van der Waals surface area contributed by atoms with Crippen LogP contribution in [0.15, 0.2) is 16.8 Å². The van der Waals surface area contributed by atoms with Gasteiger partial charge in [-0.15, -0.1) is 0 Å². The first-order chi connectivity index (χ1) is 9.70. The SMILES string of the molecule is CCOC1(C(CCc2ccsc2)NC)CCCC(C)C1. The molecule has 0 spiro atoms. The van der Waals surface area contributed by atoms with Crippen LogP contribution in [0.25, 0.3) is 0 Å². The van der Waals surface area contributed by atoms with Crippen LogP contribution < -0.4 is 5.32 Å². The van der Waals surface area contributed by atoms with E-state index in [9.17, 15) is 0 Å². The van der Waals surface area contributed by atoms with Gasteiger partial charge in [-0.3, -0.25) is 0 Å². The predicted octanol–water partition coefficient (Wildman–Crippen LogP) is 4.25. The number of likely N-dealkylation sites (N-methyl/N-ethyl adjacent to an activating group) is 1. The Morgan fingerprint density at radius 1 is 1.55 bits per heavy atom. The van der Waals surface area contributed by atoms with Crippen molar-refractivity contribution in [1.29, 1.82) is 0 Å². The number of aryl methyl sites for hydroxylation is 1. The Labute approximate surface area is 127 Å². The summed E-state index contributed by atoms with van der Waals surface area (Å²) in [6.45, 7) is 5.33. The van der Waals surface area contributed by atoms with Crippen molar-refractivity contribution in [3.63, 3.8) is 0 Å². The van der Waals surface area contributed by atoms with Gasteiger partial charge in [-0.2, -0.15) is 11.3 Å². The number of rotatable bonds is 7. The Kier molecular flexibility index (Phi) is 6.06. The van der Waals surface area contributed by atoms with Gasteiger partial charge < -0.3 is 10.1 Å².